The van der Waals surface area contributed by atoms with Gasteiger partial charge in [0.25, 0.3) is 0 Å². The number of methoxy groups -OCH3 is 1. The topological polar surface area (TPSA) is 65.1 Å². The molecule has 1 aliphatic carbocycles. The summed E-state index contributed by atoms with van der Waals surface area (Å²) in [7, 11) is 1.24. The molecule has 2 atom stereocenters. The molecule has 1 saturated carbocycles. The maximum absolute atomic E-state index is 12.8. The van der Waals surface area contributed by atoms with E-state index < -0.39 is 36.3 Å². The average molecular weight is 429 g/mol. The lowest BCUT2D eigenvalue weighted by molar-refractivity contribution is -0.189. The molecule has 1 heterocycles. The highest BCUT2D eigenvalue weighted by molar-refractivity contribution is 5.82. The van der Waals surface area contributed by atoms with Gasteiger partial charge in [0.2, 0.25) is 0 Å². The molecule has 2 fully saturated rings. The molecule has 30 heavy (non-hydrogen) atoms. The van der Waals surface area contributed by atoms with Crippen molar-refractivity contribution in [2.24, 2.45) is 5.92 Å². The first-order valence-electron chi connectivity index (χ1n) is 10.0. The minimum Gasteiger partial charge on any atom is -0.467 e. The van der Waals surface area contributed by atoms with E-state index in [-0.39, 0.29) is 38.5 Å². The van der Waals surface area contributed by atoms with Crippen molar-refractivity contribution < 1.29 is 37.0 Å². The molecule has 1 aromatic rings. The van der Waals surface area contributed by atoms with Crippen LogP contribution in [0.5, 0.6) is 0 Å². The van der Waals surface area contributed by atoms with Gasteiger partial charge in [0, 0.05) is 6.42 Å². The third-order valence-corrected chi connectivity index (χ3v) is 5.70. The second-order valence-corrected chi connectivity index (χ2v) is 7.74. The monoisotopic (exact) mass is 429 g/mol. The molecular formula is C21H26F3NO5. The minimum absolute atomic E-state index is 0.0319. The molecule has 0 unspecified atom stereocenters. The lowest BCUT2D eigenvalue weighted by Crippen LogP contribution is -2.41. The van der Waals surface area contributed by atoms with Gasteiger partial charge in [-0.15, -0.1) is 0 Å². The normalized spacial score (nSPS) is 27.0. The number of hydrogen-bond acceptors (Lipinski definition) is 5. The molecule has 6 nitrogen and oxygen atoms in total. The Kier molecular flexibility index (Phi) is 7.23. The van der Waals surface area contributed by atoms with Crippen molar-refractivity contribution in [2.75, 3.05) is 13.7 Å². The maximum Gasteiger partial charge on any atom is 0.410 e. The zero-order valence-corrected chi connectivity index (χ0v) is 16.8. The molecule has 1 amide bonds. The van der Waals surface area contributed by atoms with Crippen LogP contribution in [-0.2, 0) is 25.6 Å². The molecule has 1 saturated heterocycles. The van der Waals surface area contributed by atoms with Crippen LogP contribution >= 0.6 is 0 Å². The van der Waals surface area contributed by atoms with E-state index in [0.717, 1.165) is 5.56 Å². The van der Waals surface area contributed by atoms with E-state index in [2.05, 4.69) is 0 Å². The van der Waals surface area contributed by atoms with Crippen LogP contribution in [0.25, 0.3) is 0 Å². The SMILES string of the molecule is COC(=O)[C@@H]1C[C@H](OC2CCC(C(F)(F)F)CC2)CN1C(=O)OCc1ccccc1. The summed E-state index contributed by atoms with van der Waals surface area (Å²) in [5, 5.41) is 0. The van der Waals surface area contributed by atoms with E-state index >= 15 is 0 Å². The number of rotatable bonds is 5. The molecule has 0 bridgehead atoms. The first-order valence-corrected chi connectivity index (χ1v) is 10.0. The third kappa shape index (κ3) is 5.65. The van der Waals surface area contributed by atoms with Crippen LogP contribution in [0.15, 0.2) is 30.3 Å². The Balaban J connectivity index is 1.55. The number of carbonyl (C=O) groups is 2. The number of carbonyl (C=O) groups excluding carboxylic acids is 2. The van der Waals surface area contributed by atoms with Crippen molar-refractivity contribution in [2.45, 2.75) is 63.1 Å². The molecule has 166 valence electrons. The number of nitrogens with zero attached hydrogens (tertiary/aromatic N) is 1. The number of hydrogen-bond donors (Lipinski definition) is 0. The molecule has 0 radical (unpaired) electrons. The summed E-state index contributed by atoms with van der Waals surface area (Å²) in [6.07, 6.45) is -4.68. The highest BCUT2D eigenvalue weighted by Gasteiger charge is 2.45. The van der Waals surface area contributed by atoms with Crippen LogP contribution in [0.1, 0.15) is 37.7 Å². The molecule has 1 aliphatic heterocycles. The first kappa shape index (κ1) is 22.4. The van der Waals surface area contributed by atoms with Gasteiger partial charge in [0.05, 0.1) is 31.8 Å². The molecule has 0 aromatic heterocycles. The van der Waals surface area contributed by atoms with E-state index in [1.165, 1.54) is 12.0 Å². The van der Waals surface area contributed by atoms with Crippen LogP contribution in [0.3, 0.4) is 0 Å². The van der Waals surface area contributed by atoms with Crippen molar-refractivity contribution in [3.63, 3.8) is 0 Å². The predicted molar refractivity (Wildman–Crippen MR) is 100 cm³/mol. The lowest BCUT2D eigenvalue weighted by atomic mass is 9.87. The van der Waals surface area contributed by atoms with Crippen molar-refractivity contribution >= 4 is 12.1 Å². The summed E-state index contributed by atoms with van der Waals surface area (Å²) in [6.45, 7) is 0.198. The minimum atomic E-state index is -4.17. The van der Waals surface area contributed by atoms with Crippen LogP contribution in [-0.4, -0.2) is 55.0 Å². The number of ether oxygens (including phenoxy) is 3. The van der Waals surface area contributed by atoms with Gasteiger partial charge in [-0.2, -0.15) is 13.2 Å². The zero-order valence-electron chi connectivity index (χ0n) is 16.8. The van der Waals surface area contributed by atoms with Crippen molar-refractivity contribution in [3.8, 4) is 0 Å². The van der Waals surface area contributed by atoms with Crippen LogP contribution in [0.2, 0.25) is 0 Å². The van der Waals surface area contributed by atoms with Gasteiger partial charge in [-0.25, -0.2) is 9.59 Å². The Morgan fingerprint density at radius 3 is 2.33 bits per heavy atom. The molecule has 0 N–H and O–H groups in total. The summed E-state index contributed by atoms with van der Waals surface area (Å²) >= 11 is 0. The van der Waals surface area contributed by atoms with Crippen molar-refractivity contribution in [1.29, 1.82) is 0 Å². The maximum atomic E-state index is 12.8. The Morgan fingerprint density at radius 2 is 1.73 bits per heavy atom. The molecule has 0 spiro atoms. The summed E-state index contributed by atoms with van der Waals surface area (Å²) in [6, 6.07) is 8.30. The van der Waals surface area contributed by atoms with E-state index in [1.807, 2.05) is 30.3 Å². The van der Waals surface area contributed by atoms with Crippen LogP contribution in [0.4, 0.5) is 18.0 Å². The summed E-state index contributed by atoms with van der Waals surface area (Å²) in [4.78, 5) is 26.0. The number of alkyl halides is 3. The summed E-state index contributed by atoms with van der Waals surface area (Å²) < 4.78 is 54.6. The van der Waals surface area contributed by atoms with Gasteiger partial charge in [-0.05, 0) is 31.2 Å². The standard InChI is InChI=1S/C21H26F3NO5/c1-28-19(26)18-11-17(30-16-9-7-15(8-10-16)21(22,23)24)12-25(18)20(27)29-13-14-5-3-2-4-6-14/h2-6,15-18H,7-13H2,1H3/t15?,16?,17-,18-/m0/s1. The highest BCUT2D eigenvalue weighted by atomic mass is 19.4. The van der Waals surface area contributed by atoms with E-state index in [4.69, 9.17) is 14.2 Å². The zero-order chi connectivity index (χ0) is 21.7. The predicted octanol–water partition coefficient (Wildman–Crippen LogP) is 4.08. The van der Waals surface area contributed by atoms with Gasteiger partial charge >= 0.3 is 18.2 Å². The van der Waals surface area contributed by atoms with Gasteiger partial charge in [-0.1, -0.05) is 30.3 Å². The van der Waals surface area contributed by atoms with E-state index in [9.17, 15) is 22.8 Å². The first-order chi connectivity index (χ1) is 14.3. The summed E-state index contributed by atoms with van der Waals surface area (Å²) in [5.74, 6) is -1.85. The number of halogens is 3. The van der Waals surface area contributed by atoms with Crippen molar-refractivity contribution in [3.05, 3.63) is 35.9 Å². The second-order valence-electron chi connectivity index (χ2n) is 7.74. The van der Waals surface area contributed by atoms with Crippen molar-refractivity contribution in [1.82, 2.24) is 4.90 Å². The fourth-order valence-corrected chi connectivity index (χ4v) is 4.06. The van der Waals surface area contributed by atoms with E-state index in [1.54, 1.807) is 0 Å². The third-order valence-electron chi connectivity index (χ3n) is 5.70. The fraction of sp³-hybridized carbons (Fsp3) is 0.619. The number of benzene rings is 1. The average Bonchev–Trinajstić information content (AvgIpc) is 3.16. The number of esters is 1. The molecule has 3 rings (SSSR count). The summed E-state index contributed by atoms with van der Waals surface area (Å²) in [5.41, 5.74) is 0.814. The Hall–Kier alpha value is -2.29. The van der Waals surface area contributed by atoms with Crippen LogP contribution in [0, 0.1) is 5.92 Å². The second kappa shape index (κ2) is 9.68. The lowest BCUT2D eigenvalue weighted by Gasteiger charge is -2.31. The number of amides is 1. The van der Waals surface area contributed by atoms with Gasteiger partial charge in [0.1, 0.15) is 12.6 Å². The smallest absolute Gasteiger partial charge is 0.410 e. The van der Waals surface area contributed by atoms with Gasteiger partial charge in [0.15, 0.2) is 0 Å². The van der Waals surface area contributed by atoms with Gasteiger partial charge < -0.3 is 14.2 Å². The Labute approximate surface area is 173 Å². The number of likely N-dealkylation sites (tertiary alicyclic amines) is 1. The Morgan fingerprint density at radius 1 is 1.07 bits per heavy atom. The van der Waals surface area contributed by atoms with Gasteiger partial charge in [-0.3, -0.25) is 4.90 Å². The molecule has 2 aliphatic rings. The molecular weight excluding hydrogens is 403 g/mol. The van der Waals surface area contributed by atoms with Crippen LogP contribution < -0.4 is 0 Å². The van der Waals surface area contributed by atoms with E-state index in [0.29, 0.717) is 12.8 Å². The largest absolute Gasteiger partial charge is 0.467 e. The molecule has 9 heteroatoms. The fourth-order valence-electron chi connectivity index (χ4n) is 4.06. The highest BCUT2D eigenvalue weighted by Crippen LogP contribution is 2.39. The Bertz CT molecular complexity index is 719. The quantitative estimate of drug-likeness (QED) is 0.660. The molecule has 1 aromatic carbocycles.